The van der Waals surface area contributed by atoms with Gasteiger partial charge in [0.05, 0.1) is 17.9 Å². The predicted molar refractivity (Wildman–Crippen MR) is 124 cm³/mol. The molecule has 0 aromatic heterocycles. The second kappa shape index (κ2) is 10.6. The number of halogens is 3. The minimum Gasteiger partial charge on any atom is -0.326 e. The average molecular weight is 508 g/mol. The van der Waals surface area contributed by atoms with Crippen molar-refractivity contribution in [3.63, 3.8) is 0 Å². The fourth-order valence-electron chi connectivity index (χ4n) is 2.58. The van der Waals surface area contributed by atoms with E-state index in [0.717, 1.165) is 10.5 Å². The zero-order valence-electron chi connectivity index (χ0n) is 15.6. The molecule has 0 bridgehead atoms. The Hall–Kier alpha value is -2.35. The highest BCUT2D eigenvalue weighted by atomic mass is 79.9. The highest BCUT2D eigenvalue weighted by Crippen LogP contribution is 2.23. The molecule has 0 aliphatic rings. The van der Waals surface area contributed by atoms with E-state index in [9.17, 15) is 14.0 Å². The molecule has 0 radical (unpaired) electrons. The van der Waals surface area contributed by atoms with Crippen LogP contribution < -0.4 is 10.6 Å². The van der Waals surface area contributed by atoms with E-state index < -0.39 is 5.82 Å². The monoisotopic (exact) mass is 506 g/mol. The molecule has 4 nitrogen and oxygen atoms in total. The van der Waals surface area contributed by atoms with Crippen LogP contribution in [0.15, 0.2) is 76.1 Å². The second-order valence-corrected chi connectivity index (χ2v) is 8.74. The van der Waals surface area contributed by atoms with Gasteiger partial charge in [-0.25, -0.2) is 4.39 Å². The summed E-state index contributed by atoms with van der Waals surface area (Å²) in [6.45, 7) is 0. The van der Waals surface area contributed by atoms with Gasteiger partial charge in [-0.3, -0.25) is 9.59 Å². The quantitative estimate of drug-likeness (QED) is 0.377. The highest BCUT2D eigenvalue weighted by Gasteiger charge is 2.09. The number of nitrogens with one attached hydrogen (secondary N) is 2. The minimum absolute atomic E-state index is 0.109. The topological polar surface area (TPSA) is 58.2 Å². The molecule has 0 aliphatic carbocycles. The third-order valence-electron chi connectivity index (χ3n) is 3.97. The molecule has 0 heterocycles. The second-order valence-electron chi connectivity index (χ2n) is 6.34. The normalized spacial score (nSPS) is 10.5. The summed E-state index contributed by atoms with van der Waals surface area (Å²) < 4.78 is 14.4. The van der Waals surface area contributed by atoms with Crippen molar-refractivity contribution in [2.45, 2.75) is 11.3 Å². The first-order valence-corrected chi connectivity index (χ1v) is 11.1. The molecule has 0 saturated carbocycles. The Bertz CT molecular complexity index is 1060. The van der Waals surface area contributed by atoms with Gasteiger partial charge in [-0.2, -0.15) is 0 Å². The summed E-state index contributed by atoms with van der Waals surface area (Å²) in [4.78, 5) is 25.2. The number of carbonyl (C=O) groups is 2. The number of amides is 2. The summed E-state index contributed by atoms with van der Waals surface area (Å²) in [6, 6.07) is 18.7. The van der Waals surface area contributed by atoms with E-state index in [4.69, 9.17) is 11.6 Å². The van der Waals surface area contributed by atoms with Crippen molar-refractivity contribution in [3.05, 3.63) is 87.6 Å². The molecule has 154 valence electrons. The molecule has 3 aromatic carbocycles. The van der Waals surface area contributed by atoms with Crippen molar-refractivity contribution >= 4 is 62.5 Å². The van der Waals surface area contributed by atoms with E-state index >= 15 is 0 Å². The molecule has 8 heteroatoms. The maximum Gasteiger partial charge on any atom is 0.234 e. The number of benzene rings is 3. The van der Waals surface area contributed by atoms with E-state index in [-0.39, 0.29) is 29.7 Å². The van der Waals surface area contributed by atoms with Crippen LogP contribution >= 0.6 is 39.3 Å². The number of thioether (sulfide) groups is 1. The minimum atomic E-state index is -0.506. The Labute approximate surface area is 191 Å². The molecule has 0 saturated heterocycles. The highest BCUT2D eigenvalue weighted by molar-refractivity contribution is 9.10. The van der Waals surface area contributed by atoms with E-state index in [2.05, 4.69) is 26.6 Å². The maximum absolute atomic E-state index is 13.8. The van der Waals surface area contributed by atoms with Crippen LogP contribution in [0.4, 0.5) is 15.8 Å². The molecule has 0 atom stereocenters. The maximum atomic E-state index is 13.8. The lowest BCUT2D eigenvalue weighted by atomic mass is 10.1. The Morgan fingerprint density at radius 2 is 1.73 bits per heavy atom. The molecule has 3 aromatic rings. The van der Waals surface area contributed by atoms with Crippen LogP contribution in [0.1, 0.15) is 5.56 Å². The Balaban J connectivity index is 1.52. The lowest BCUT2D eigenvalue weighted by molar-refractivity contribution is -0.115. The zero-order valence-corrected chi connectivity index (χ0v) is 18.8. The molecule has 30 heavy (non-hydrogen) atoms. The first kappa shape index (κ1) is 22.3. The van der Waals surface area contributed by atoms with Crippen LogP contribution in [0, 0.1) is 5.82 Å². The van der Waals surface area contributed by atoms with Crippen LogP contribution in [-0.2, 0) is 16.0 Å². The Morgan fingerprint density at radius 1 is 0.967 bits per heavy atom. The van der Waals surface area contributed by atoms with Crippen molar-refractivity contribution in [2.24, 2.45) is 0 Å². The van der Waals surface area contributed by atoms with E-state index in [1.165, 1.54) is 23.9 Å². The molecular formula is C22H17BrClFN2O2S. The summed E-state index contributed by atoms with van der Waals surface area (Å²) in [5, 5.41) is 6.02. The zero-order chi connectivity index (χ0) is 21.5. The van der Waals surface area contributed by atoms with Crippen LogP contribution in [0.5, 0.6) is 0 Å². The SMILES string of the molecule is O=C(Cc1ccc(Cl)cc1)Nc1cccc(SCC(=O)Nc2ccc(Br)cc2F)c1. The largest absolute Gasteiger partial charge is 0.326 e. The van der Waals surface area contributed by atoms with Crippen LogP contribution in [0.3, 0.4) is 0 Å². The average Bonchev–Trinajstić information content (AvgIpc) is 2.70. The van der Waals surface area contributed by atoms with Gasteiger partial charge in [-0.05, 0) is 54.1 Å². The number of hydrogen-bond acceptors (Lipinski definition) is 3. The van der Waals surface area contributed by atoms with Gasteiger partial charge in [-0.1, -0.05) is 45.7 Å². The van der Waals surface area contributed by atoms with Gasteiger partial charge in [0, 0.05) is 20.1 Å². The van der Waals surface area contributed by atoms with Crippen LogP contribution in [0.2, 0.25) is 5.02 Å². The Kier molecular flexibility index (Phi) is 7.90. The molecular weight excluding hydrogens is 491 g/mol. The van der Waals surface area contributed by atoms with Crippen LogP contribution in [-0.4, -0.2) is 17.6 Å². The fraction of sp³-hybridized carbons (Fsp3) is 0.0909. The molecule has 0 unspecified atom stereocenters. The van der Waals surface area contributed by atoms with Gasteiger partial charge in [-0.15, -0.1) is 11.8 Å². The Morgan fingerprint density at radius 3 is 2.47 bits per heavy atom. The summed E-state index contributed by atoms with van der Waals surface area (Å²) in [5.74, 6) is -0.869. The third kappa shape index (κ3) is 6.86. The lowest BCUT2D eigenvalue weighted by Gasteiger charge is -2.09. The van der Waals surface area contributed by atoms with Crippen molar-refractivity contribution in [1.29, 1.82) is 0 Å². The molecule has 2 amide bonds. The van der Waals surface area contributed by atoms with Crippen molar-refractivity contribution < 1.29 is 14.0 Å². The van der Waals surface area contributed by atoms with Gasteiger partial charge >= 0.3 is 0 Å². The first-order chi connectivity index (χ1) is 14.4. The number of carbonyl (C=O) groups excluding carboxylic acids is 2. The summed E-state index contributed by atoms with van der Waals surface area (Å²) in [6.07, 6.45) is 0.232. The van der Waals surface area contributed by atoms with Gasteiger partial charge in [0.1, 0.15) is 5.82 Å². The molecule has 0 aliphatic heterocycles. The summed E-state index contributed by atoms with van der Waals surface area (Å²) >= 11 is 10.3. The van der Waals surface area contributed by atoms with E-state index in [1.807, 2.05) is 6.07 Å². The molecule has 0 fully saturated rings. The fourth-order valence-corrected chi connectivity index (χ4v) is 3.80. The van der Waals surface area contributed by atoms with Gasteiger partial charge in [0.15, 0.2) is 0 Å². The van der Waals surface area contributed by atoms with Crippen molar-refractivity contribution in [3.8, 4) is 0 Å². The van der Waals surface area contributed by atoms with E-state index in [1.54, 1.807) is 48.5 Å². The molecule has 3 rings (SSSR count). The van der Waals surface area contributed by atoms with Gasteiger partial charge < -0.3 is 10.6 Å². The van der Waals surface area contributed by atoms with Crippen molar-refractivity contribution in [2.75, 3.05) is 16.4 Å². The van der Waals surface area contributed by atoms with Gasteiger partial charge in [0.2, 0.25) is 11.8 Å². The summed E-state index contributed by atoms with van der Waals surface area (Å²) in [5.41, 5.74) is 1.63. The van der Waals surface area contributed by atoms with E-state index in [0.29, 0.717) is 15.2 Å². The summed E-state index contributed by atoms with van der Waals surface area (Å²) in [7, 11) is 0. The number of hydrogen-bond donors (Lipinski definition) is 2. The standard InChI is InChI=1S/C22H17BrClFN2O2S/c23-15-6-9-20(19(25)11-15)27-22(29)13-30-18-3-1-2-17(12-18)26-21(28)10-14-4-7-16(24)8-5-14/h1-9,11-12H,10,13H2,(H,26,28)(H,27,29). The number of rotatable bonds is 7. The smallest absolute Gasteiger partial charge is 0.234 e. The van der Waals surface area contributed by atoms with Crippen molar-refractivity contribution in [1.82, 2.24) is 0 Å². The number of anilines is 2. The lowest BCUT2D eigenvalue weighted by Crippen LogP contribution is -2.15. The first-order valence-electron chi connectivity index (χ1n) is 8.91. The predicted octanol–water partition coefficient (Wildman–Crippen LogP) is 6.15. The van der Waals surface area contributed by atoms with Crippen LogP contribution in [0.25, 0.3) is 0 Å². The van der Waals surface area contributed by atoms with Gasteiger partial charge in [0.25, 0.3) is 0 Å². The molecule has 2 N–H and O–H groups in total. The molecule has 0 spiro atoms. The third-order valence-corrected chi connectivity index (χ3v) is 5.71.